The van der Waals surface area contributed by atoms with Crippen LogP contribution in [0, 0.1) is 10.1 Å². The van der Waals surface area contributed by atoms with Gasteiger partial charge >= 0.3 is 0 Å². The molecule has 0 bridgehead atoms. The highest BCUT2D eigenvalue weighted by atomic mass is 16.6. The van der Waals surface area contributed by atoms with Crippen LogP contribution in [-0.2, 0) is 17.4 Å². The van der Waals surface area contributed by atoms with Crippen molar-refractivity contribution in [1.29, 1.82) is 0 Å². The molecule has 0 saturated carbocycles. The van der Waals surface area contributed by atoms with Crippen LogP contribution in [0.1, 0.15) is 58.2 Å². The first kappa shape index (κ1) is 19.0. The molecule has 2 rings (SSSR count). The number of hydrogen-bond donors (Lipinski definition) is 0. The molecular formula is C21H27NO3. The largest absolute Gasteiger partial charge is 0.488 e. The zero-order chi connectivity index (χ0) is 18.8. The van der Waals surface area contributed by atoms with Crippen molar-refractivity contribution >= 4 is 5.69 Å². The number of nitrogens with zero attached hydrogens (tertiary/aromatic N) is 1. The molecule has 0 aliphatic heterocycles. The van der Waals surface area contributed by atoms with Gasteiger partial charge in [0.2, 0.25) is 0 Å². The summed E-state index contributed by atoms with van der Waals surface area (Å²) in [6.45, 7) is 12.6. The van der Waals surface area contributed by atoms with Crippen LogP contribution in [0.15, 0.2) is 42.5 Å². The van der Waals surface area contributed by atoms with Crippen LogP contribution >= 0.6 is 0 Å². The van der Waals surface area contributed by atoms with Gasteiger partial charge in [0.15, 0.2) is 0 Å². The Morgan fingerprint density at radius 3 is 1.96 bits per heavy atom. The predicted molar refractivity (Wildman–Crippen MR) is 101 cm³/mol. The van der Waals surface area contributed by atoms with Crippen LogP contribution in [0.4, 0.5) is 5.69 Å². The molecule has 0 aliphatic rings. The minimum atomic E-state index is -0.319. The highest BCUT2D eigenvalue weighted by Crippen LogP contribution is 2.41. The molecule has 0 saturated heterocycles. The second kappa shape index (κ2) is 6.87. The van der Waals surface area contributed by atoms with Crippen molar-refractivity contribution in [1.82, 2.24) is 0 Å². The van der Waals surface area contributed by atoms with Crippen LogP contribution in [0.5, 0.6) is 5.75 Å². The molecule has 2 aromatic carbocycles. The second-order valence-electron chi connectivity index (χ2n) is 8.40. The number of nitro benzene ring substituents is 1. The highest BCUT2D eigenvalue weighted by molar-refractivity contribution is 5.55. The van der Waals surface area contributed by atoms with E-state index in [4.69, 9.17) is 4.74 Å². The maximum absolute atomic E-state index is 11.6. The number of benzene rings is 2. The van der Waals surface area contributed by atoms with E-state index in [0.29, 0.717) is 12.4 Å². The van der Waals surface area contributed by atoms with E-state index < -0.39 is 0 Å². The fraction of sp³-hybridized carbons (Fsp3) is 0.429. The Hall–Kier alpha value is -2.36. The maximum atomic E-state index is 11.6. The Bertz CT molecular complexity index is 753. The Balaban J connectivity index is 2.53. The van der Waals surface area contributed by atoms with Crippen molar-refractivity contribution in [3.05, 3.63) is 69.3 Å². The van der Waals surface area contributed by atoms with Crippen molar-refractivity contribution < 1.29 is 9.66 Å². The molecule has 0 heterocycles. The third-order valence-electron chi connectivity index (χ3n) is 4.15. The lowest BCUT2D eigenvalue weighted by molar-refractivity contribution is -0.386. The molecule has 0 aromatic heterocycles. The zero-order valence-electron chi connectivity index (χ0n) is 15.9. The summed E-state index contributed by atoms with van der Waals surface area (Å²) < 4.78 is 6.00. The molecule has 0 aliphatic carbocycles. The summed E-state index contributed by atoms with van der Waals surface area (Å²) in [6, 6.07) is 13.3. The van der Waals surface area contributed by atoms with Crippen LogP contribution in [-0.4, -0.2) is 4.92 Å². The first-order valence-electron chi connectivity index (χ1n) is 8.50. The fourth-order valence-electron chi connectivity index (χ4n) is 2.76. The van der Waals surface area contributed by atoms with E-state index in [9.17, 15) is 10.1 Å². The van der Waals surface area contributed by atoms with E-state index >= 15 is 0 Å². The predicted octanol–water partition coefficient (Wildman–Crippen LogP) is 5.77. The van der Waals surface area contributed by atoms with Crippen molar-refractivity contribution in [3.63, 3.8) is 0 Å². The maximum Gasteiger partial charge on any atom is 0.276 e. The first-order chi connectivity index (χ1) is 11.5. The number of hydrogen-bond acceptors (Lipinski definition) is 3. The summed E-state index contributed by atoms with van der Waals surface area (Å²) in [5.74, 6) is 0.580. The standard InChI is InChI=1S/C21H27NO3/c1-20(2,3)16-12-17(21(4,5)6)19(13-18(16)22(23)24)25-14-15-10-8-7-9-11-15/h7-13H,14H2,1-6H3. The first-order valence-corrected chi connectivity index (χ1v) is 8.50. The quantitative estimate of drug-likeness (QED) is 0.524. The van der Waals surface area contributed by atoms with E-state index in [1.807, 2.05) is 57.2 Å². The van der Waals surface area contributed by atoms with E-state index in [2.05, 4.69) is 20.8 Å². The molecule has 0 spiro atoms. The van der Waals surface area contributed by atoms with E-state index in [1.165, 1.54) is 0 Å². The Labute approximate surface area is 150 Å². The van der Waals surface area contributed by atoms with Crippen LogP contribution < -0.4 is 4.74 Å². The van der Waals surface area contributed by atoms with Gasteiger partial charge in [0.25, 0.3) is 5.69 Å². The summed E-state index contributed by atoms with van der Waals surface area (Å²) in [4.78, 5) is 11.3. The summed E-state index contributed by atoms with van der Waals surface area (Å²) in [6.07, 6.45) is 0. The molecule has 2 aromatic rings. The fourth-order valence-corrected chi connectivity index (χ4v) is 2.76. The average Bonchev–Trinajstić information content (AvgIpc) is 2.51. The van der Waals surface area contributed by atoms with Crippen LogP contribution in [0.2, 0.25) is 0 Å². The Kier molecular flexibility index (Phi) is 5.21. The monoisotopic (exact) mass is 341 g/mol. The number of ether oxygens (including phenoxy) is 1. The van der Waals surface area contributed by atoms with E-state index in [-0.39, 0.29) is 21.4 Å². The lowest BCUT2D eigenvalue weighted by Gasteiger charge is -2.27. The molecule has 4 nitrogen and oxygen atoms in total. The third-order valence-corrected chi connectivity index (χ3v) is 4.15. The van der Waals surface area contributed by atoms with Gasteiger partial charge in [-0.05, 0) is 22.5 Å². The molecule has 0 radical (unpaired) electrons. The smallest absolute Gasteiger partial charge is 0.276 e. The highest BCUT2D eigenvalue weighted by Gasteiger charge is 2.30. The molecule has 0 N–H and O–H groups in total. The summed E-state index contributed by atoms with van der Waals surface area (Å²) in [5.41, 5.74) is 2.36. The molecule has 0 atom stereocenters. The zero-order valence-corrected chi connectivity index (χ0v) is 15.9. The van der Waals surface area contributed by atoms with Gasteiger partial charge in [-0.2, -0.15) is 0 Å². The SMILES string of the molecule is CC(C)(C)c1cc(C(C)(C)C)c([N+](=O)[O-])cc1OCc1ccccc1. The van der Waals surface area contributed by atoms with Gasteiger partial charge in [-0.1, -0.05) is 71.9 Å². The summed E-state index contributed by atoms with van der Waals surface area (Å²) >= 11 is 0. The Morgan fingerprint density at radius 2 is 1.48 bits per heavy atom. The van der Waals surface area contributed by atoms with Crippen LogP contribution in [0.3, 0.4) is 0 Å². The Morgan fingerprint density at radius 1 is 0.920 bits per heavy atom. The second-order valence-corrected chi connectivity index (χ2v) is 8.40. The van der Waals surface area contributed by atoms with Gasteiger partial charge in [0, 0.05) is 11.1 Å². The minimum absolute atomic E-state index is 0.114. The van der Waals surface area contributed by atoms with Crippen molar-refractivity contribution in [2.45, 2.75) is 59.0 Å². The third kappa shape index (κ3) is 4.59. The number of nitro groups is 1. The lowest BCUT2D eigenvalue weighted by atomic mass is 9.79. The van der Waals surface area contributed by atoms with E-state index in [0.717, 1.165) is 16.7 Å². The molecule has 0 unspecified atom stereocenters. The molecular weight excluding hydrogens is 314 g/mol. The van der Waals surface area contributed by atoms with Gasteiger partial charge in [-0.25, -0.2) is 0 Å². The molecule has 0 fully saturated rings. The van der Waals surface area contributed by atoms with Gasteiger partial charge in [-0.15, -0.1) is 0 Å². The summed E-state index contributed by atoms with van der Waals surface area (Å²) in [7, 11) is 0. The molecule has 0 amide bonds. The summed E-state index contributed by atoms with van der Waals surface area (Å²) in [5, 5.41) is 11.6. The van der Waals surface area contributed by atoms with Gasteiger partial charge in [-0.3, -0.25) is 10.1 Å². The molecule has 4 heteroatoms. The van der Waals surface area contributed by atoms with Crippen molar-refractivity contribution in [2.75, 3.05) is 0 Å². The van der Waals surface area contributed by atoms with Crippen LogP contribution in [0.25, 0.3) is 0 Å². The topological polar surface area (TPSA) is 52.4 Å². The van der Waals surface area contributed by atoms with E-state index in [1.54, 1.807) is 6.07 Å². The normalized spacial score (nSPS) is 12.1. The number of rotatable bonds is 4. The molecule has 134 valence electrons. The average molecular weight is 341 g/mol. The van der Waals surface area contributed by atoms with Gasteiger partial charge in [0.05, 0.1) is 11.0 Å². The van der Waals surface area contributed by atoms with Gasteiger partial charge < -0.3 is 4.74 Å². The lowest BCUT2D eigenvalue weighted by Crippen LogP contribution is -2.19. The van der Waals surface area contributed by atoms with Gasteiger partial charge in [0.1, 0.15) is 12.4 Å². The molecule has 25 heavy (non-hydrogen) atoms. The van der Waals surface area contributed by atoms with Crippen molar-refractivity contribution in [2.24, 2.45) is 0 Å². The minimum Gasteiger partial charge on any atom is -0.488 e. The van der Waals surface area contributed by atoms with Crippen molar-refractivity contribution in [3.8, 4) is 5.75 Å².